The molecule has 2 bridgehead atoms. The van der Waals surface area contributed by atoms with Gasteiger partial charge in [-0.3, -0.25) is 4.79 Å². The van der Waals surface area contributed by atoms with Crippen molar-refractivity contribution in [3.8, 4) is 0 Å². The van der Waals surface area contributed by atoms with E-state index in [1.165, 1.54) is 4.31 Å². The molecule has 6 nitrogen and oxygen atoms in total. The lowest BCUT2D eigenvalue weighted by Crippen LogP contribution is -2.48. The first-order chi connectivity index (χ1) is 11.8. The van der Waals surface area contributed by atoms with E-state index < -0.39 is 10.0 Å². The monoisotopic (exact) mass is 366 g/mol. The van der Waals surface area contributed by atoms with Crippen LogP contribution >= 0.6 is 0 Å². The van der Waals surface area contributed by atoms with Crippen molar-refractivity contribution >= 4 is 15.9 Å². The Morgan fingerprint density at radius 1 is 1.36 bits per heavy atom. The molecule has 1 aromatic carbocycles. The summed E-state index contributed by atoms with van der Waals surface area (Å²) in [5.41, 5.74) is 0.906. The molecule has 0 unspecified atom stereocenters. The number of carbonyl (C=O) groups is 1. The maximum absolute atomic E-state index is 12.9. The molecule has 0 spiro atoms. The second-order valence-corrected chi connectivity index (χ2v) is 9.35. The van der Waals surface area contributed by atoms with Gasteiger partial charge in [0.25, 0.3) is 0 Å². The molecular weight excluding hydrogens is 340 g/mol. The molecule has 0 saturated carbocycles. The van der Waals surface area contributed by atoms with E-state index in [4.69, 9.17) is 4.74 Å². The predicted octanol–water partition coefficient (Wildman–Crippen LogP) is 1.55. The topological polar surface area (TPSA) is 75.7 Å². The lowest BCUT2D eigenvalue weighted by atomic mass is 9.99. The molecule has 3 rings (SSSR count). The van der Waals surface area contributed by atoms with Crippen LogP contribution in [0.25, 0.3) is 0 Å². The van der Waals surface area contributed by atoms with E-state index in [2.05, 4.69) is 5.32 Å². The van der Waals surface area contributed by atoms with Crippen molar-refractivity contribution in [3.63, 3.8) is 0 Å². The molecule has 1 N–H and O–H groups in total. The summed E-state index contributed by atoms with van der Waals surface area (Å²) in [6, 6.07) is 6.92. The third-order valence-corrected chi connectivity index (χ3v) is 6.60. The quantitative estimate of drug-likeness (QED) is 0.858. The SMILES string of the molecule is Cc1cccc(S(=O)(=O)N2C[C@@H]3C[C@@H](C(=O)NCC(C)C)[C@H](C2)O3)c1. The highest BCUT2D eigenvalue weighted by atomic mass is 32.2. The van der Waals surface area contributed by atoms with Gasteiger partial charge in [0.05, 0.1) is 23.0 Å². The number of morpholine rings is 1. The zero-order valence-corrected chi connectivity index (χ0v) is 15.8. The van der Waals surface area contributed by atoms with Gasteiger partial charge in [-0.2, -0.15) is 4.31 Å². The molecule has 1 aromatic rings. The first-order valence-electron chi connectivity index (χ1n) is 8.77. The predicted molar refractivity (Wildman–Crippen MR) is 94.6 cm³/mol. The van der Waals surface area contributed by atoms with Gasteiger partial charge >= 0.3 is 0 Å². The summed E-state index contributed by atoms with van der Waals surface area (Å²) in [7, 11) is -3.56. The summed E-state index contributed by atoms with van der Waals surface area (Å²) in [5.74, 6) is 0.0707. The zero-order valence-electron chi connectivity index (χ0n) is 14.9. The van der Waals surface area contributed by atoms with Gasteiger partial charge in [-0.05, 0) is 37.0 Å². The second kappa shape index (κ2) is 7.05. The van der Waals surface area contributed by atoms with Gasteiger partial charge in [0.2, 0.25) is 15.9 Å². The van der Waals surface area contributed by atoms with Crippen LogP contribution in [0.1, 0.15) is 25.8 Å². The molecular formula is C18H26N2O4S. The number of benzene rings is 1. The summed E-state index contributed by atoms with van der Waals surface area (Å²) < 4.78 is 33.2. The van der Waals surface area contributed by atoms with Crippen LogP contribution in [0.5, 0.6) is 0 Å². The van der Waals surface area contributed by atoms with Gasteiger partial charge in [0.1, 0.15) is 0 Å². The molecule has 138 valence electrons. The molecule has 25 heavy (non-hydrogen) atoms. The number of rotatable bonds is 5. The van der Waals surface area contributed by atoms with E-state index in [0.717, 1.165) is 5.56 Å². The molecule has 2 aliphatic heterocycles. The van der Waals surface area contributed by atoms with Crippen molar-refractivity contribution in [1.82, 2.24) is 9.62 Å². The van der Waals surface area contributed by atoms with Gasteiger partial charge in [0.15, 0.2) is 0 Å². The van der Waals surface area contributed by atoms with Crippen LogP contribution in [0, 0.1) is 18.8 Å². The highest BCUT2D eigenvalue weighted by molar-refractivity contribution is 7.89. The maximum Gasteiger partial charge on any atom is 0.243 e. The average molecular weight is 366 g/mol. The van der Waals surface area contributed by atoms with Crippen LogP contribution < -0.4 is 5.32 Å². The van der Waals surface area contributed by atoms with Gasteiger partial charge in [-0.1, -0.05) is 26.0 Å². The smallest absolute Gasteiger partial charge is 0.243 e. The molecule has 2 heterocycles. The van der Waals surface area contributed by atoms with Gasteiger partial charge in [-0.15, -0.1) is 0 Å². The number of ether oxygens (including phenoxy) is 1. The van der Waals surface area contributed by atoms with Crippen molar-refractivity contribution in [2.24, 2.45) is 11.8 Å². The Morgan fingerprint density at radius 3 is 2.80 bits per heavy atom. The molecule has 2 saturated heterocycles. The van der Waals surface area contributed by atoms with Crippen LogP contribution in [-0.4, -0.2) is 50.5 Å². The number of hydrogen-bond donors (Lipinski definition) is 1. The normalized spacial score (nSPS) is 26.8. The summed E-state index contributed by atoms with van der Waals surface area (Å²) >= 11 is 0. The number of amides is 1. The number of nitrogens with zero attached hydrogens (tertiary/aromatic N) is 1. The number of fused-ring (bicyclic) bond motifs is 2. The number of carbonyl (C=O) groups excluding carboxylic acids is 1. The van der Waals surface area contributed by atoms with Crippen molar-refractivity contribution in [2.75, 3.05) is 19.6 Å². The molecule has 3 atom stereocenters. The molecule has 2 fully saturated rings. The summed E-state index contributed by atoms with van der Waals surface area (Å²) in [4.78, 5) is 12.7. The van der Waals surface area contributed by atoms with Gasteiger partial charge in [0, 0.05) is 19.6 Å². The van der Waals surface area contributed by atoms with Crippen LogP contribution in [0.15, 0.2) is 29.2 Å². The maximum atomic E-state index is 12.9. The number of sulfonamides is 1. The standard InChI is InChI=1S/C18H26N2O4S/c1-12(2)9-19-18(21)16-8-14-10-20(11-17(16)24-14)25(22,23)15-6-4-5-13(3)7-15/h4-7,12,14,16-17H,8-11H2,1-3H3,(H,19,21)/t14-,16+,17-/m0/s1. The van der Waals surface area contributed by atoms with Crippen molar-refractivity contribution in [3.05, 3.63) is 29.8 Å². The zero-order chi connectivity index (χ0) is 18.2. The van der Waals surface area contributed by atoms with Crippen LogP contribution in [0.4, 0.5) is 0 Å². The van der Waals surface area contributed by atoms with Crippen LogP contribution in [-0.2, 0) is 19.6 Å². The highest BCUT2D eigenvalue weighted by Crippen LogP contribution is 2.34. The van der Waals surface area contributed by atoms with Crippen molar-refractivity contribution < 1.29 is 17.9 Å². The first-order valence-corrected chi connectivity index (χ1v) is 10.2. The Bertz CT molecular complexity index is 747. The number of hydrogen-bond acceptors (Lipinski definition) is 4. The van der Waals surface area contributed by atoms with E-state index in [-0.39, 0.29) is 30.6 Å². The minimum atomic E-state index is -3.56. The minimum Gasteiger partial charge on any atom is -0.371 e. The van der Waals surface area contributed by atoms with Crippen molar-refractivity contribution in [1.29, 1.82) is 0 Å². The van der Waals surface area contributed by atoms with Crippen molar-refractivity contribution in [2.45, 2.75) is 44.3 Å². The Balaban J connectivity index is 1.73. The van der Waals surface area contributed by atoms with Gasteiger partial charge < -0.3 is 10.1 Å². The van der Waals surface area contributed by atoms with E-state index >= 15 is 0 Å². The van der Waals surface area contributed by atoms with Gasteiger partial charge in [-0.25, -0.2) is 8.42 Å². The largest absolute Gasteiger partial charge is 0.371 e. The fourth-order valence-corrected chi connectivity index (χ4v) is 5.04. The molecule has 0 aliphatic carbocycles. The Kier molecular flexibility index (Phi) is 5.18. The minimum absolute atomic E-state index is 0.0315. The lowest BCUT2D eigenvalue weighted by Gasteiger charge is -2.32. The first kappa shape index (κ1) is 18.4. The number of nitrogens with one attached hydrogen (secondary N) is 1. The molecule has 2 aliphatic rings. The summed E-state index contributed by atoms with van der Waals surface area (Å²) in [5, 5.41) is 2.94. The Morgan fingerprint density at radius 2 is 2.12 bits per heavy atom. The highest BCUT2D eigenvalue weighted by Gasteiger charge is 2.47. The second-order valence-electron chi connectivity index (χ2n) is 7.42. The third kappa shape index (κ3) is 3.88. The van der Waals surface area contributed by atoms with Crippen LogP contribution in [0.2, 0.25) is 0 Å². The summed E-state index contributed by atoms with van der Waals surface area (Å²) in [6.07, 6.45) is -0.00679. The van der Waals surface area contributed by atoms with E-state index in [1.54, 1.807) is 18.2 Å². The van der Waals surface area contributed by atoms with E-state index in [0.29, 0.717) is 30.3 Å². The molecule has 1 amide bonds. The molecule has 0 aromatic heterocycles. The van der Waals surface area contributed by atoms with E-state index in [9.17, 15) is 13.2 Å². The fraction of sp³-hybridized carbons (Fsp3) is 0.611. The molecule has 0 radical (unpaired) electrons. The third-order valence-electron chi connectivity index (χ3n) is 4.77. The Labute approximate surface area is 149 Å². The number of aryl methyl sites for hydroxylation is 1. The average Bonchev–Trinajstić information content (AvgIpc) is 2.86. The molecule has 7 heteroatoms. The summed E-state index contributed by atoms with van der Waals surface area (Å²) in [6.45, 7) is 7.11. The van der Waals surface area contributed by atoms with E-state index in [1.807, 2.05) is 26.8 Å². The fourth-order valence-electron chi connectivity index (χ4n) is 3.46. The lowest BCUT2D eigenvalue weighted by molar-refractivity contribution is -0.127. The van der Waals surface area contributed by atoms with Crippen LogP contribution in [0.3, 0.4) is 0 Å². The Hall–Kier alpha value is -1.44.